The third-order valence-corrected chi connectivity index (χ3v) is 3.93. The summed E-state index contributed by atoms with van der Waals surface area (Å²) >= 11 is 7.78. The van der Waals surface area contributed by atoms with Gasteiger partial charge in [0.05, 0.1) is 0 Å². The summed E-state index contributed by atoms with van der Waals surface area (Å²) in [4.78, 5) is 1.25. The van der Waals surface area contributed by atoms with Crippen molar-refractivity contribution in [3.8, 4) is 0 Å². The van der Waals surface area contributed by atoms with Crippen molar-refractivity contribution >= 4 is 23.4 Å². The third kappa shape index (κ3) is 5.24. The van der Waals surface area contributed by atoms with E-state index in [2.05, 4.69) is 19.9 Å². The maximum Gasteiger partial charge on any atom is 0.0417 e. The van der Waals surface area contributed by atoms with Gasteiger partial charge in [-0.3, -0.25) is 0 Å². The molecule has 0 spiro atoms. The molecule has 0 unspecified atom stereocenters. The molecule has 0 fully saturated rings. The van der Waals surface area contributed by atoms with Crippen LogP contribution in [0.3, 0.4) is 0 Å². The first-order valence-corrected chi connectivity index (χ1v) is 6.98. The second-order valence-corrected chi connectivity index (χ2v) is 6.38. The number of rotatable bonds is 6. The van der Waals surface area contributed by atoms with E-state index in [1.165, 1.54) is 17.7 Å². The summed E-state index contributed by atoms with van der Waals surface area (Å²) in [7, 11) is 0. The molecule has 0 saturated heterocycles. The van der Waals surface area contributed by atoms with E-state index in [4.69, 9.17) is 17.3 Å². The summed E-state index contributed by atoms with van der Waals surface area (Å²) in [6, 6.07) is 8.02. The first-order valence-electron chi connectivity index (χ1n) is 5.62. The van der Waals surface area contributed by atoms with Gasteiger partial charge in [-0.05, 0) is 48.8 Å². The van der Waals surface area contributed by atoms with Gasteiger partial charge < -0.3 is 5.73 Å². The molecule has 2 N–H and O–H groups in total. The molecule has 1 aromatic rings. The van der Waals surface area contributed by atoms with Gasteiger partial charge in [0, 0.05) is 9.92 Å². The summed E-state index contributed by atoms with van der Waals surface area (Å²) in [5.74, 6) is 1.13. The second kappa shape index (κ2) is 6.53. The highest BCUT2D eigenvalue weighted by atomic mass is 35.5. The van der Waals surface area contributed by atoms with Crippen molar-refractivity contribution in [2.45, 2.75) is 31.6 Å². The molecule has 0 aliphatic rings. The van der Waals surface area contributed by atoms with Crippen LogP contribution in [-0.2, 0) is 0 Å². The fourth-order valence-electron chi connectivity index (χ4n) is 1.40. The minimum absolute atomic E-state index is 0.273. The molecule has 0 heterocycles. The van der Waals surface area contributed by atoms with E-state index >= 15 is 0 Å². The highest BCUT2D eigenvalue weighted by Gasteiger charge is 2.14. The van der Waals surface area contributed by atoms with Crippen molar-refractivity contribution in [3.63, 3.8) is 0 Å². The number of nitrogens with two attached hydrogens (primary N) is 1. The van der Waals surface area contributed by atoms with Crippen molar-refractivity contribution in [1.29, 1.82) is 0 Å². The summed E-state index contributed by atoms with van der Waals surface area (Å²) in [6.45, 7) is 5.20. The number of thioether (sulfide) groups is 1. The van der Waals surface area contributed by atoms with E-state index < -0.39 is 0 Å². The lowest BCUT2D eigenvalue weighted by Gasteiger charge is -2.21. The quantitative estimate of drug-likeness (QED) is 0.611. The first kappa shape index (κ1) is 13.9. The Bertz CT molecular complexity index is 325. The van der Waals surface area contributed by atoms with Gasteiger partial charge >= 0.3 is 0 Å². The largest absolute Gasteiger partial charge is 0.330 e. The fraction of sp³-hybridized carbons (Fsp3) is 0.538. The average Bonchev–Trinajstić information content (AvgIpc) is 2.25. The Kier molecular flexibility index (Phi) is 5.67. The normalized spacial score (nSPS) is 11.8. The van der Waals surface area contributed by atoms with E-state index in [1.54, 1.807) is 0 Å². The molecule has 90 valence electrons. The number of benzene rings is 1. The molecule has 1 aromatic carbocycles. The minimum Gasteiger partial charge on any atom is -0.330 e. The maximum atomic E-state index is 5.92. The molecule has 0 aliphatic heterocycles. The van der Waals surface area contributed by atoms with Gasteiger partial charge in [-0.25, -0.2) is 0 Å². The van der Waals surface area contributed by atoms with E-state index in [0.717, 1.165) is 17.3 Å². The summed E-state index contributed by atoms with van der Waals surface area (Å²) in [5.41, 5.74) is 5.97. The van der Waals surface area contributed by atoms with Gasteiger partial charge in [0.2, 0.25) is 0 Å². The molecule has 0 radical (unpaired) electrons. The third-order valence-electron chi connectivity index (χ3n) is 2.62. The molecular formula is C13H20ClNS. The predicted molar refractivity (Wildman–Crippen MR) is 74.2 cm³/mol. The Hall–Kier alpha value is -0.180. The van der Waals surface area contributed by atoms with Crippen molar-refractivity contribution in [2.24, 2.45) is 11.1 Å². The Morgan fingerprint density at radius 2 is 2.12 bits per heavy atom. The van der Waals surface area contributed by atoms with E-state index in [-0.39, 0.29) is 5.41 Å². The smallest absolute Gasteiger partial charge is 0.0417 e. The van der Waals surface area contributed by atoms with E-state index in [1.807, 2.05) is 30.0 Å². The van der Waals surface area contributed by atoms with Gasteiger partial charge in [0.1, 0.15) is 0 Å². The van der Waals surface area contributed by atoms with E-state index in [0.29, 0.717) is 0 Å². The molecule has 1 rings (SSSR count). The van der Waals surface area contributed by atoms with Crippen LogP contribution in [-0.4, -0.2) is 12.3 Å². The first-order chi connectivity index (χ1) is 7.53. The molecule has 0 aromatic heterocycles. The molecule has 0 bridgehead atoms. The summed E-state index contributed by atoms with van der Waals surface area (Å²) < 4.78 is 0. The highest BCUT2D eigenvalue weighted by Crippen LogP contribution is 2.26. The molecule has 0 saturated carbocycles. The molecular weight excluding hydrogens is 238 g/mol. The van der Waals surface area contributed by atoms with Crippen LogP contribution in [0.1, 0.15) is 26.7 Å². The van der Waals surface area contributed by atoms with Crippen molar-refractivity contribution < 1.29 is 0 Å². The lowest BCUT2D eigenvalue weighted by atomic mass is 9.88. The van der Waals surface area contributed by atoms with Crippen LogP contribution < -0.4 is 5.73 Å². The molecule has 0 aliphatic carbocycles. The average molecular weight is 258 g/mol. The molecule has 16 heavy (non-hydrogen) atoms. The lowest BCUT2D eigenvalue weighted by molar-refractivity contribution is 0.345. The van der Waals surface area contributed by atoms with Crippen molar-refractivity contribution in [2.75, 3.05) is 12.3 Å². The van der Waals surface area contributed by atoms with Crippen LogP contribution in [0.5, 0.6) is 0 Å². The highest BCUT2D eigenvalue weighted by molar-refractivity contribution is 7.99. The van der Waals surface area contributed by atoms with Crippen LogP contribution in [0.2, 0.25) is 5.02 Å². The van der Waals surface area contributed by atoms with Crippen LogP contribution in [0, 0.1) is 5.41 Å². The topological polar surface area (TPSA) is 26.0 Å². The maximum absolute atomic E-state index is 5.92. The predicted octanol–water partition coefficient (Wildman–Crippen LogP) is 4.20. The van der Waals surface area contributed by atoms with Crippen LogP contribution in [0.25, 0.3) is 0 Å². The SMILES string of the molecule is CC(C)(CN)CCCSc1cccc(Cl)c1. The second-order valence-electron chi connectivity index (χ2n) is 4.78. The molecule has 1 nitrogen and oxygen atoms in total. The van der Waals surface area contributed by atoms with Crippen LogP contribution in [0.4, 0.5) is 0 Å². The fourth-order valence-corrected chi connectivity index (χ4v) is 2.56. The molecule has 0 amide bonds. The zero-order valence-electron chi connectivity index (χ0n) is 10.0. The zero-order chi connectivity index (χ0) is 12.0. The Morgan fingerprint density at radius 3 is 2.75 bits per heavy atom. The molecule has 3 heteroatoms. The van der Waals surface area contributed by atoms with Gasteiger partial charge in [-0.2, -0.15) is 0 Å². The minimum atomic E-state index is 0.273. The Balaban J connectivity index is 2.26. The van der Waals surface area contributed by atoms with Crippen molar-refractivity contribution in [1.82, 2.24) is 0 Å². The molecule has 0 atom stereocenters. The van der Waals surface area contributed by atoms with Gasteiger partial charge in [-0.1, -0.05) is 31.5 Å². The standard InChI is InChI=1S/C13H20ClNS/c1-13(2,10-15)7-4-8-16-12-6-3-5-11(14)9-12/h3,5-6,9H,4,7-8,10,15H2,1-2H3. The number of halogens is 1. The number of hydrogen-bond donors (Lipinski definition) is 1. The monoisotopic (exact) mass is 257 g/mol. The van der Waals surface area contributed by atoms with E-state index in [9.17, 15) is 0 Å². The van der Waals surface area contributed by atoms with Gasteiger partial charge in [0.15, 0.2) is 0 Å². The zero-order valence-corrected chi connectivity index (χ0v) is 11.6. The van der Waals surface area contributed by atoms with Gasteiger partial charge in [0.25, 0.3) is 0 Å². The van der Waals surface area contributed by atoms with Gasteiger partial charge in [-0.15, -0.1) is 11.8 Å². The number of hydrogen-bond acceptors (Lipinski definition) is 2. The summed E-state index contributed by atoms with van der Waals surface area (Å²) in [6.07, 6.45) is 2.37. The van der Waals surface area contributed by atoms with Crippen LogP contribution in [0.15, 0.2) is 29.2 Å². The summed E-state index contributed by atoms with van der Waals surface area (Å²) in [5, 5.41) is 0.812. The Morgan fingerprint density at radius 1 is 1.38 bits per heavy atom. The lowest BCUT2D eigenvalue weighted by Crippen LogP contribution is -2.23. The van der Waals surface area contributed by atoms with Crippen LogP contribution >= 0.6 is 23.4 Å². The van der Waals surface area contributed by atoms with Crippen molar-refractivity contribution in [3.05, 3.63) is 29.3 Å². The Labute approximate surface area is 108 Å².